The Hall–Kier alpha value is -1.30. The molecule has 1 saturated heterocycles. The molecule has 1 N–H and O–H groups in total. The maximum Gasteiger partial charge on any atom is 0.320 e. The molecule has 0 radical (unpaired) electrons. The Balaban J connectivity index is 2.70. The number of carbonyl (C=O) groups is 2. The van der Waals surface area contributed by atoms with E-state index in [1.54, 1.807) is 4.90 Å². The van der Waals surface area contributed by atoms with E-state index in [0.29, 0.717) is 32.5 Å². The van der Waals surface area contributed by atoms with Gasteiger partial charge in [0.1, 0.15) is 0 Å². The predicted molar refractivity (Wildman–Crippen MR) is 82.4 cm³/mol. The summed E-state index contributed by atoms with van der Waals surface area (Å²) in [6, 6.07) is -0.0183. The van der Waals surface area contributed by atoms with Gasteiger partial charge in [-0.25, -0.2) is 4.79 Å². The second-order valence-electron chi connectivity index (χ2n) is 6.18. The lowest BCUT2D eigenvalue weighted by Crippen LogP contribution is -2.46. The highest BCUT2D eigenvalue weighted by molar-refractivity contribution is 5.79. The first-order valence-corrected chi connectivity index (χ1v) is 7.78. The summed E-state index contributed by atoms with van der Waals surface area (Å²) in [4.78, 5) is 29.7. The maximum absolute atomic E-state index is 12.6. The number of likely N-dealkylation sites (N-methyl/N-ethyl adjacent to an activating group) is 1. The van der Waals surface area contributed by atoms with Gasteiger partial charge in [0.15, 0.2) is 0 Å². The van der Waals surface area contributed by atoms with Crippen LogP contribution in [0.4, 0.5) is 4.79 Å². The highest BCUT2D eigenvalue weighted by atomic mass is 16.4. The summed E-state index contributed by atoms with van der Waals surface area (Å²) in [6.07, 6.45) is 2.03. The molecule has 0 aromatic heterocycles. The van der Waals surface area contributed by atoms with Crippen LogP contribution >= 0.6 is 0 Å². The fraction of sp³-hybridized carbons (Fsp3) is 0.867. The van der Waals surface area contributed by atoms with Crippen molar-refractivity contribution in [2.24, 2.45) is 5.41 Å². The van der Waals surface area contributed by atoms with E-state index in [1.165, 1.54) is 0 Å². The van der Waals surface area contributed by atoms with Crippen molar-refractivity contribution in [2.45, 2.75) is 33.1 Å². The van der Waals surface area contributed by atoms with Gasteiger partial charge in [0.25, 0.3) is 0 Å². The number of rotatable bonds is 7. The summed E-state index contributed by atoms with van der Waals surface area (Å²) in [5.41, 5.74) is -0.755. The average molecular weight is 299 g/mol. The van der Waals surface area contributed by atoms with Crippen molar-refractivity contribution >= 4 is 12.0 Å². The van der Waals surface area contributed by atoms with Crippen molar-refractivity contribution in [1.82, 2.24) is 14.7 Å². The van der Waals surface area contributed by atoms with Crippen LogP contribution in [0.2, 0.25) is 0 Å². The van der Waals surface area contributed by atoms with Crippen LogP contribution in [0.15, 0.2) is 0 Å². The largest absolute Gasteiger partial charge is 0.481 e. The van der Waals surface area contributed by atoms with Crippen LogP contribution in [0.3, 0.4) is 0 Å². The van der Waals surface area contributed by atoms with E-state index in [1.807, 2.05) is 37.7 Å². The molecule has 1 heterocycles. The van der Waals surface area contributed by atoms with Gasteiger partial charge in [-0.2, -0.15) is 0 Å². The standard InChI is InChI=1S/C15H29N3O3/c1-5-8-17(11-10-16(3)4)14(21)18-9-7-15(6-2,12-18)13(19)20/h5-12H2,1-4H3,(H,19,20). The first-order chi connectivity index (χ1) is 9.86. The molecule has 1 aliphatic heterocycles. The molecule has 1 aliphatic rings. The van der Waals surface area contributed by atoms with E-state index in [4.69, 9.17) is 0 Å². The molecule has 1 unspecified atom stereocenters. The molecule has 0 saturated carbocycles. The second kappa shape index (κ2) is 7.64. The zero-order valence-electron chi connectivity index (χ0n) is 13.8. The zero-order chi connectivity index (χ0) is 16.0. The predicted octanol–water partition coefficient (Wildman–Crippen LogP) is 1.57. The fourth-order valence-electron chi connectivity index (χ4n) is 2.74. The number of urea groups is 1. The number of nitrogens with zero attached hydrogens (tertiary/aromatic N) is 3. The Bertz CT molecular complexity index is 373. The van der Waals surface area contributed by atoms with Gasteiger partial charge in [0.05, 0.1) is 5.41 Å². The summed E-state index contributed by atoms with van der Waals surface area (Å²) in [5.74, 6) is -0.782. The summed E-state index contributed by atoms with van der Waals surface area (Å²) in [7, 11) is 3.97. The molecule has 6 nitrogen and oxygen atoms in total. The Labute approximate surface area is 127 Å². The number of aliphatic carboxylic acids is 1. The Morgan fingerprint density at radius 3 is 2.29 bits per heavy atom. The summed E-state index contributed by atoms with van der Waals surface area (Å²) in [5, 5.41) is 9.42. The van der Waals surface area contributed by atoms with Crippen molar-refractivity contribution in [3.05, 3.63) is 0 Å². The smallest absolute Gasteiger partial charge is 0.320 e. The number of hydrogen-bond acceptors (Lipinski definition) is 3. The number of carbonyl (C=O) groups excluding carboxylic acids is 1. The third-order valence-corrected chi connectivity index (χ3v) is 4.34. The van der Waals surface area contributed by atoms with E-state index in [9.17, 15) is 14.7 Å². The quantitative estimate of drug-likeness (QED) is 0.775. The Morgan fingerprint density at radius 2 is 1.86 bits per heavy atom. The van der Waals surface area contributed by atoms with E-state index < -0.39 is 11.4 Å². The summed E-state index contributed by atoms with van der Waals surface area (Å²) < 4.78 is 0. The number of likely N-dealkylation sites (tertiary alicyclic amines) is 1. The molecule has 2 amide bonds. The summed E-state index contributed by atoms with van der Waals surface area (Å²) in [6.45, 7) is 7.03. The normalized spacial score (nSPS) is 21.9. The topological polar surface area (TPSA) is 64.1 Å². The number of carboxylic acids is 1. The highest BCUT2D eigenvalue weighted by Crippen LogP contribution is 2.34. The Morgan fingerprint density at radius 1 is 1.19 bits per heavy atom. The van der Waals surface area contributed by atoms with Gasteiger partial charge in [0.2, 0.25) is 0 Å². The Kier molecular flexibility index (Phi) is 6.45. The van der Waals surface area contributed by atoms with E-state index in [2.05, 4.69) is 0 Å². The molecule has 1 atom stereocenters. The fourth-order valence-corrected chi connectivity index (χ4v) is 2.74. The third-order valence-electron chi connectivity index (χ3n) is 4.34. The molecule has 0 aromatic carbocycles. The molecular formula is C15H29N3O3. The number of carboxylic acid groups (broad SMARTS) is 1. The molecule has 0 aromatic rings. The van der Waals surface area contributed by atoms with E-state index >= 15 is 0 Å². The first-order valence-electron chi connectivity index (χ1n) is 7.78. The zero-order valence-corrected chi connectivity index (χ0v) is 13.8. The molecule has 21 heavy (non-hydrogen) atoms. The highest BCUT2D eigenvalue weighted by Gasteiger charge is 2.45. The molecule has 0 spiro atoms. The molecule has 1 rings (SSSR count). The lowest BCUT2D eigenvalue weighted by atomic mass is 9.84. The van der Waals surface area contributed by atoms with Gasteiger partial charge < -0.3 is 19.8 Å². The van der Waals surface area contributed by atoms with Crippen molar-refractivity contribution in [1.29, 1.82) is 0 Å². The SMILES string of the molecule is CCCN(CCN(C)C)C(=O)N1CCC(CC)(C(=O)O)C1. The molecule has 0 bridgehead atoms. The maximum atomic E-state index is 12.6. The van der Waals surface area contributed by atoms with Gasteiger partial charge in [0, 0.05) is 32.7 Å². The van der Waals surface area contributed by atoms with E-state index in [-0.39, 0.29) is 6.03 Å². The monoisotopic (exact) mass is 299 g/mol. The van der Waals surface area contributed by atoms with Crippen molar-refractivity contribution < 1.29 is 14.7 Å². The van der Waals surface area contributed by atoms with Crippen LogP contribution in [0, 0.1) is 5.41 Å². The van der Waals surface area contributed by atoms with Crippen LogP contribution in [0.5, 0.6) is 0 Å². The molecule has 122 valence electrons. The molecule has 1 fully saturated rings. The average Bonchev–Trinajstić information content (AvgIpc) is 2.88. The van der Waals surface area contributed by atoms with Gasteiger partial charge in [-0.1, -0.05) is 13.8 Å². The molecule has 6 heteroatoms. The van der Waals surface area contributed by atoms with Crippen LogP contribution < -0.4 is 0 Å². The number of hydrogen-bond donors (Lipinski definition) is 1. The lowest BCUT2D eigenvalue weighted by Gasteiger charge is -2.30. The van der Waals surface area contributed by atoms with Crippen LogP contribution in [-0.2, 0) is 4.79 Å². The summed E-state index contributed by atoms with van der Waals surface area (Å²) >= 11 is 0. The van der Waals surface area contributed by atoms with Crippen LogP contribution in [0.1, 0.15) is 33.1 Å². The minimum Gasteiger partial charge on any atom is -0.481 e. The van der Waals surface area contributed by atoms with Crippen LogP contribution in [-0.4, -0.2) is 78.6 Å². The first kappa shape index (κ1) is 17.8. The lowest BCUT2D eigenvalue weighted by molar-refractivity contribution is -0.148. The van der Waals surface area contributed by atoms with Crippen molar-refractivity contribution in [3.8, 4) is 0 Å². The minimum atomic E-state index is -0.782. The van der Waals surface area contributed by atoms with Crippen molar-refractivity contribution in [2.75, 3.05) is 46.8 Å². The third kappa shape index (κ3) is 4.33. The van der Waals surface area contributed by atoms with Gasteiger partial charge >= 0.3 is 12.0 Å². The van der Waals surface area contributed by atoms with Crippen LogP contribution in [0.25, 0.3) is 0 Å². The van der Waals surface area contributed by atoms with Gasteiger partial charge in [-0.05, 0) is 33.4 Å². The van der Waals surface area contributed by atoms with Crippen molar-refractivity contribution in [3.63, 3.8) is 0 Å². The van der Waals surface area contributed by atoms with Gasteiger partial charge in [-0.3, -0.25) is 4.79 Å². The number of amides is 2. The van der Waals surface area contributed by atoms with Gasteiger partial charge in [-0.15, -0.1) is 0 Å². The minimum absolute atomic E-state index is 0.0183. The molecular weight excluding hydrogens is 270 g/mol. The molecule has 0 aliphatic carbocycles. The second-order valence-corrected chi connectivity index (χ2v) is 6.18. The van der Waals surface area contributed by atoms with E-state index in [0.717, 1.165) is 19.5 Å².